The van der Waals surface area contributed by atoms with Crippen molar-refractivity contribution in [2.75, 3.05) is 13.1 Å². The summed E-state index contributed by atoms with van der Waals surface area (Å²) in [7, 11) is 0. The Labute approximate surface area is 87.1 Å². The maximum absolute atomic E-state index is 10.1. The number of terminal acetylenes is 1. The van der Waals surface area contributed by atoms with Gasteiger partial charge in [-0.1, -0.05) is 19.3 Å². The van der Waals surface area contributed by atoms with Crippen molar-refractivity contribution in [1.82, 2.24) is 5.32 Å². The molecule has 1 fully saturated rings. The average molecular weight is 195 g/mol. The van der Waals surface area contributed by atoms with E-state index < -0.39 is 5.60 Å². The molecule has 1 aliphatic rings. The molecule has 0 radical (unpaired) electrons. The van der Waals surface area contributed by atoms with Crippen molar-refractivity contribution in [3.05, 3.63) is 0 Å². The van der Waals surface area contributed by atoms with E-state index in [4.69, 9.17) is 6.42 Å². The molecular formula is C12H21NO. The lowest BCUT2D eigenvalue weighted by atomic mass is 9.85. The summed E-state index contributed by atoms with van der Waals surface area (Å²) in [4.78, 5) is 0. The van der Waals surface area contributed by atoms with E-state index in [1.54, 1.807) is 0 Å². The van der Waals surface area contributed by atoms with Gasteiger partial charge < -0.3 is 10.4 Å². The van der Waals surface area contributed by atoms with Gasteiger partial charge in [-0.2, -0.15) is 0 Å². The number of hydrogen-bond acceptors (Lipinski definition) is 2. The Morgan fingerprint density at radius 1 is 1.29 bits per heavy atom. The lowest BCUT2D eigenvalue weighted by molar-refractivity contribution is 0.00509. The smallest absolute Gasteiger partial charge is 0.0771 e. The zero-order valence-electron chi connectivity index (χ0n) is 8.89. The molecule has 0 aromatic carbocycles. The van der Waals surface area contributed by atoms with Crippen molar-refractivity contribution in [2.45, 2.75) is 50.5 Å². The molecule has 2 nitrogen and oxygen atoms in total. The minimum atomic E-state index is -0.436. The fourth-order valence-corrected chi connectivity index (χ4v) is 2.02. The highest BCUT2D eigenvalue weighted by molar-refractivity contribution is 4.85. The van der Waals surface area contributed by atoms with Crippen LogP contribution in [0.5, 0.6) is 0 Å². The van der Waals surface area contributed by atoms with Crippen LogP contribution in [0.15, 0.2) is 0 Å². The molecule has 0 bridgehead atoms. The van der Waals surface area contributed by atoms with Crippen LogP contribution >= 0.6 is 0 Å². The molecule has 1 aliphatic carbocycles. The minimum Gasteiger partial charge on any atom is -0.389 e. The standard InChI is InChI=1S/C12H21NO/c1-2-3-7-10-13-11-12(14)8-5-4-6-9-12/h1,13-14H,3-11H2. The summed E-state index contributed by atoms with van der Waals surface area (Å²) in [6, 6.07) is 0. The van der Waals surface area contributed by atoms with Crippen molar-refractivity contribution < 1.29 is 5.11 Å². The van der Waals surface area contributed by atoms with Crippen LogP contribution in [0.1, 0.15) is 44.9 Å². The monoisotopic (exact) mass is 195 g/mol. The summed E-state index contributed by atoms with van der Waals surface area (Å²) >= 11 is 0. The summed E-state index contributed by atoms with van der Waals surface area (Å²) in [6.07, 6.45) is 12.5. The second-order valence-electron chi connectivity index (χ2n) is 4.27. The van der Waals surface area contributed by atoms with Crippen LogP contribution in [0.4, 0.5) is 0 Å². The van der Waals surface area contributed by atoms with Crippen LogP contribution in [0.25, 0.3) is 0 Å². The molecule has 14 heavy (non-hydrogen) atoms. The van der Waals surface area contributed by atoms with Gasteiger partial charge >= 0.3 is 0 Å². The van der Waals surface area contributed by atoms with E-state index in [1.807, 2.05) is 0 Å². The quantitative estimate of drug-likeness (QED) is 0.517. The predicted molar refractivity (Wildman–Crippen MR) is 59.0 cm³/mol. The third kappa shape index (κ3) is 4.13. The molecule has 80 valence electrons. The predicted octanol–water partition coefficient (Wildman–Crippen LogP) is 1.68. The van der Waals surface area contributed by atoms with Gasteiger partial charge in [0.05, 0.1) is 5.60 Å². The van der Waals surface area contributed by atoms with Gasteiger partial charge in [-0.25, -0.2) is 0 Å². The topological polar surface area (TPSA) is 32.3 Å². The van der Waals surface area contributed by atoms with Crippen LogP contribution < -0.4 is 5.32 Å². The molecular weight excluding hydrogens is 174 g/mol. The maximum atomic E-state index is 10.1. The molecule has 0 aromatic heterocycles. The van der Waals surface area contributed by atoms with Gasteiger partial charge in [-0.05, 0) is 25.8 Å². The Balaban J connectivity index is 2.07. The van der Waals surface area contributed by atoms with Crippen molar-refractivity contribution in [3.63, 3.8) is 0 Å². The van der Waals surface area contributed by atoms with Gasteiger partial charge in [-0.15, -0.1) is 12.3 Å². The first-order valence-electron chi connectivity index (χ1n) is 5.63. The van der Waals surface area contributed by atoms with E-state index in [1.165, 1.54) is 19.3 Å². The molecule has 0 atom stereocenters. The van der Waals surface area contributed by atoms with Gasteiger partial charge in [0.15, 0.2) is 0 Å². The summed E-state index contributed by atoms with van der Waals surface area (Å²) < 4.78 is 0. The fourth-order valence-electron chi connectivity index (χ4n) is 2.02. The first-order valence-corrected chi connectivity index (χ1v) is 5.63. The van der Waals surface area contributed by atoms with E-state index in [9.17, 15) is 5.11 Å². The zero-order valence-corrected chi connectivity index (χ0v) is 8.89. The molecule has 0 aliphatic heterocycles. The SMILES string of the molecule is C#CCCCNCC1(O)CCCCC1. The molecule has 0 aromatic rings. The number of rotatable bonds is 5. The Bertz CT molecular complexity index is 189. The van der Waals surface area contributed by atoms with Gasteiger partial charge in [0.1, 0.15) is 0 Å². The normalized spacial score (nSPS) is 20.3. The molecule has 2 N–H and O–H groups in total. The van der Waals surface area contributed by atoms with E-state index >= 15 is 0 Å². The van der Waals surface area contributed by atoms with E-state index in [0.717, 1.165) is 38.8 Å². The Hall–Kier alpha value is -0.520. The van der Waals surface area contributed by atoms with Gasteiger partial charge in [0, 0.05) is 13.0 Å². The first kappa shape index (κ1) is 11.6. The number of aliphatic hydroxyl groups is 1. The second-order valence-corrected chi connectivity index (χ2v) is 4.27. The third-order valence-electron chi connectivity index (χ3n) is 2.91. The van der Waals surface area contributed by atoms with Gasteiger partial charge in [0.25, 0.3) is 0 Å². The number of nitrogens with one attached hydrogen (secondary N) is 1. The van der Waals surface area contributed by atoms with E-state index in [-0.39, 0.29) is 0 Å². The zero-order chi connectivity index (χ0) is 10.3. The lowest BCUT2D eigenvalue weighted by Gasteiger charge is -2.32. The highest BCUT2D eigenvalue weighted by atomic mass is 16.3. The second kappa shape index (κ2) is 6.06. The summed E-state index contributed by atoms with van der Waals surface area (Å²) in [5, 5.41) is 13.4. The Kier molecular flexibility index (Phi) is 5.00. The highest BCUT2D eigenvalue weighted by Gasteiger charge is 2.28. The third-order valence-corrected chi connectivity index (χ3v) is 2.91. The average Bonchev–Trinajstić information content (AvgIpc) is 2.18. The minimum absolute atomic E-state index is 0.436. The molecule has 1 rings (SSSR count). The largest absolute Gasteiger partial charge is 0.389 e. The van der Waals surface area contributed by atoms with Crippen LogP contribution in [-0.2, 0) is 0 Å². The number of unbranched alkanes of at least 4 members (excludes halogenated alkanes) is 1. The van der Waals surface area contributed by atoms with Gasteiger partial charge in [-0.3, -0.25) is 0 Å². The molecule has 0 amide bonds. The molecule has 0 saturated heterocycles. The van der Waals surface area contributed by atoms with Gasteiger partial charge in [0.2, 0.25) is 0 Å². The molecule has 1 saturated carbocycles. The van der Waals surface area contributed by atoms with Crippen molar-refractivity contribution >= 4 is 0 Å². The summed E-state index contributed by atoms with van der Waals surface area (Å²) in [5.74, 6) is 2.61. The maximum Gasteiger partial charge on any atom is 0.0771 e. The summed E-state index contributed by atoms with van der Waals surface area (Å²) in [6.45, 7) is 1.66. The van der Waals surface area contributed by atoms with Crippen LogP contribution in [0.2, 0.25) is 0 Å². The Morgan fingerprint density at radius 2 is 2.00 bits per heavy atom. The van der Waals surface area contributed by atoms with Crippen LogP contribution in [0.3, 0.4) is 0 Å². The van der Waals surface area contributed by atoms with E-state index in [0.29, 0.717) is 0 Å². The molecule has 0 spiro atoms. The van der Waals surface area contributed by atoms with Crippen molar-refractivity contribution in [2.24, 2.45) is 0 Å². The van der Waals surface area contributed by atoms with Crippen LogP contribution in [-0.4, -0.2) is 23.8 Å². The molecule has 0 unspecified atom stereocenters. The summed E-state index contributed by atoms with van der Waals surface area (Å²) in [5.41, 5.74) is -0.436. The highest BCUT2D eigenvalue weighted by Crippen LogP contribution is 2.27. The molecule has 2 heteroatoms. The lowest BCUT2D eigenvalue weighted by Crippen LogP contribution is -2.42. The van der Waals surface area contributed by atoms with Crippen molar-refractivity contribution in [1.29, 1.82) is 0 Å². The Morgan fingerprint density at radius 3 is 2.64 bits per heavy atom. The van der Waals surface area contributed by atoms with Crippen molar-refractivity contribution in [3.8, 4) is 12.3 Å². The van der Waals surface area contributed by atoms with Crippen LogP contribution in [0, 0.1) is 12.3 Å². The van der Waals surface area contributed by atoms with E-state index in [2.05, 4.69) is 11.2 Å². The first-order chi connectivity index (χ1) is 6.77. The number of hydrogen-bond donors (Lipinski definition) is 2. The fraction of sp³-hybridized carbons (Fsp3) is 0.833. The molecule has 0 heterocycles.